The second kappa shape index (κ2) is 10.1. The van der Waals surface area contributed by atoms with Crippen molar-refractivity contribution in [3.8, 4) is 0 Å². The summed E-state index contributed by atoms with van der Waals surface area (Å²) in [5.41, 5.74) is 0. The van der Waals surface area contributed by atoms with Gasteiger partial charge in [-0.3, -0.25) is 0 Å². The summed E-state index contributed by atoms with van der Waals surface area (Å²) in [5.74, 6) is 0. The maximum atomic E-state index is 6.59. The molecule has 0 aliphatic carbocycles. The highest BCUT2D eigenvalue weighted by Gasteiger charge is 2.44. The molecule has 0 aromatic rings. The van der Waals surface area contributed by atoms with Gasteiger partial charge in [-0.1, -0.05) is 0 Å². The van der Waals surface area contributed by atoms with Crippen LogP contribution in [0.1, 0.15) is 13.3 Å². The van der Waals surface area contributed by atoms with Crippen LogP contribution in [0.4, 0.5) is 0 Å². The molecule has 0 rings (SSSR count). The van der Waals surface area contributed by atoms with E-state index >= 15 is 0 Å². The van der Waals surface area contributed by atoms with E-state index < -0.39 is 42.3 Å². The van der Waals surface area contributed by atoms with Gasteiger partial charge in [0.2, 0.25) is 0 Å². The van der Waals surface area contributed by atoms with Crippen LogP contribution >= 0.6 is 0 Å². The number of rotatable bonds is 13. The molecule has 0 aromatic heterocycles. The molecule has 5 nitrogen and oxygen atoms in total. The molecule has 0 heterocycles. The van der Waals surface area contributed by atoms with Gasteiger partial charge in [0, 0.05) is 13.2 Å². The molecular formula is C16H44O5Si5. The Hall–Kier alpha value is 0.884. The van der Waals surface area contributed by atoms with E-state index in [1.165, 1.54) is 0 Å². The van der Waals surface area contributed by atoms with Crippen LogP contribution in [0.15, 0.2) is 0 Å². The molecule has 0 unspecified atom stereocenters. The zero-order valence-corrected chi connectivity index (χ0v) is 24.4. The van der Waals surface area contributed by atoms with Gasteiger partial charge in [0.25, 0.3) is 0 Å². The highest BCUT2D eigenvalue weighted by Crippen LogP contribution is 2.27. The molecule has 158 valence electrons. The molecule has 26 heavy (non-hydrogen) atoms. The smallest absolute Gasteiger partial charge is 0.314 e. The molecule has 0 bridgehead atoms. The van der Waals surface area contributed by atoms with Crippen LogP contribution in [0, 0.1) is 0 Å². The van der Waals surface area contributed by atoms with Gasteiger partial charge in [0.1, 0.15) is 0 Å². The number of hydrogen-bond acceptors (Lipinski definition) is 5. The summed E-state index contributed by atoms with van der Waals surface area (Å²) in [4.78, 5) is 0. The summed E-state index contributed by atoms with van der Waals surface area (Å²) in [7, 11) is -10.2. The molecule has 0 amide bonds. The van der Waals surface area contributed by atoms with Crippen LogP contribution < -0.4 is 0 Å². The average molecular weight is 457 g/mol. The van der Waals surface area contributed by atoms with Gasteiger partial charge in [-0.2, -0.15) is 0 Å². The second-order valence-electron chi connectivity index (χ2n) is 9.78. The first-order chi connectivity index (χ1) is 11.4. The zero-order valence-electron chi connectivity index (χ0n) is 19.4. The highest BCUT2D eigenvalue weighted by atomic mass is 28.5. The van der Waals surface area contributed by atoms with E-state index in [1.54, 1.807) is 0 Å². The van der Waals surface area contributed by atoms with Crippen LogP contribution in [0.3, 0.4) is 0 Å². The van der Waals surface area contributed by atoms with E-state index in [1.807, 2.05) is 6.92 Å². The Kier molecular flexibility index (Phi) is 10.4. The van der Waals surface area contributed by atoms with Crippen molar-refractivity contribution < 1.29 is 21.2 Å². The van der Waals surface area contributed by atoms with Crippen molar-refractivity contribution in [1.29, 1.82) is 0 Å². The van der Waals surface area contributed by atoms with E-state index in [2.05, 4.69) is 72.0 Å². The molecule has 0 aliphatic rings. The van der Waals surface area contributed by atoms with E-state index in [0.29, 0.717) is 0 Å². The Bertz CT molecular complexity index is 422. The zero-order chi connectivity index (χ0) is 20.9. The van der Waals surface area contributed by atoms with Gasteiger partial charge in [0.15, 0.2) is 16.6 Å². The quantitative estimate of drug-likeness (QED) is 0.265. The molecule has 0 aliphatic heterocycles. The maximum Gasteiger partial charge on any atom is 0.314 e. The molecule has 0 atom stereocenters. The largest absolute Gasteiger partial charge is 0.437 e. The minimum absolute atomic E-state index is 0.780. The van der Waals surface area contributed by atoms with Crippen molar-refractivity contribution >= 4 is 42.3 Å². The highest BCUT2D eigenvalue weighted by molar-refractivity contribution is 6.90. The number of ether oxygens (including phenoxy) is 1. The van der Waals surface area contributed by atoms with Crippen molar-refractivity contribution in [3.63, 3.8) is 0 Å². The van der Waals surface area contributed by atoms with Gasteiger partial charge >= 0.3 is 25.7 Å². The van der Waals surface area contributed by atoms with Crippen LogP contribution in [0.25, 0.3) is 0 Å². The first kappa shape index (κ1) is 26.9. The topological polar surface area (TPSA) is 46.2 Å². The lowest BCUT2D eigenvalue weighted by atomic mass is 10.5. The van der Waals surface area contributed by atoms with Crippen molar-refractivity contribution in [2.24, 2.45) is 0 Å². The standard InChI is InChI=1S/C16H44O5Si5/c1-13-17-15-14-16-23(5,6)19-25(9,10)21-26(11,12)20-24(7,8)18-22(2,3)4/h13-16H2,1-12H3. The molecule has 0 spiro atoms. The third-order valence-electron chi connectivity index (χ3n) is 3.33. The van der Waals surface area contributed by atoms with E-state index in [4.69, 9.17) is 21.2 Å². The molecule has 0 aromatic carbocycles. The second-order valence-corrected chi connectivity index (χ2v) is 29.7. The molecule has 0 saturated carbocycles. The molecule has 0 N–H and O–H groups in total. The fraction of sp³-hybridized carbons (Fsp3) is 1.00. The van der Waals surface area contributed by atoms with Crippen LogP contribution in [0.2, 0.25) is 78.1 Å². The third-order valence-corrected chi connectivity index (χ3v) is 21.3. The third kappa shape index (κ3) is 14.0. The lowest BCUT2D eigenvalue weighted by molar-refractivity contribution is 0.147. The van der Waals surface area contributed by atoms with Crippen molar-refractivity contribution in [1.82, 2.24) is 0 Å². The predicted octanol–water partition coefficient (Wildman–Crippen LogP) is 5.62. The summed E-state index contributed by atoms with van der Waals surface area (Å²) >= 11 is 0. The molecule has 10 heteroatoms. The molecule has 0 fully saturated rings. The Morgan fingerprint density at radius 1 is 0.577 bits per heavy atom. The summed E-state index contributed by atoms with van der Waals surface area (Å²) < 4.78 is 31.4. The monoisotopic (exact) mass is 456 g/mol. The first-order valence-corrected chi connectivity index (χ1v) is 24.7. The number of hydrogen-bond donors (Lipinski definition) is 0. The minimum Gasteiger partial charge on any atom is -0.437 e. The fourth-order valence-corrected chi connectivity index (χ4v) is 27.2. The van der Waals surface area contributed by atoms with E-state index in [0.717, 1.165) is 25.7 Å². The SMILES string of the molecule is CCOCCC[Si](C)(C)O[Si](C)(C)O[Si](C)(C)O[Si](C)(C)O[Si](C)(C)C. The molecule has 0 saturated heterocycles. The normalized spacial score (nSPS) is 14.8. The van der Waals surface area contributed by atoms with Gasteiger partial charge < -0.3 is 21.2 Å². The van der Waals surface area contributed by atoms with Crippen molar-refractivity contribution in [3.05, 3.63) is 0 Å². The van der Waals surface area contributed by atoms with Gasteiger partial charge in [-0.15, -0.1) is 0 Å². The Morgan fingerprint density at radius 2 is 1.00 bits per heavy atom. The van der Waals surface area contributed by atoms with Crippen molar-refractivity contribution in [2.75, 3.05) is 13.2 Å². The lowest BCUT2D eigenvalue weighted by Crippen LogP contribution is -2.58. The van der Waals surface area contributed by atoms with Crippen molar-refractivity contribution in [2.45, 2.75) is 91.4 Å². The first-order valence-electron chi connectivity index (χ1n) is 9.77. The summed E-state index contributed by atoms with van der Waals surface area (Å²) in [6.07, 6.45) is 1.05. The van der Waals surface area contributed by atoms with Gasteiger partial charge in [0.05, 0.1) is 0 Å². The summed E-state index contributed by atoms with van der Waals surface area (Å²) in [6, 6.07) is 1.09. The van der Waals surface area contributed by atoms with Gasteiger partial charge in [-0.25, -0.2) is 0 Å². The van der Waals surface area contributed by atoms with Crippen LogP contribution in [-0.4, -0.2) is 55.5 Å². The van der Waals surface area contributed by atoms with Gasteiger partial charge in [-0.05, 0) is 91.4 Å². The minimum atomic E-state index is -2.32. The summed E-state index contributed by atoms with van der Waals surface area (Å²) in [6.45, 7) is 27.6. The molecular weight excluding hydrogens is 413 g/mol. The lowest BCUT2D eigenvalue weighted by Gasteiger charge is -2.42. The Labute approximate surface area is 168 Å². The fourth-order valence-electron chi connectivity index (χ4n) is 3.44. The van der Waals surface area contributed by atoms with Crippen LogP contribution in [0.5, 0.6) is 0 Å². The van der Waals surface area contributed by atoms with E-state index in [9.17, 15) is 0 Å². The Balaban J connectivity index is 4.78. The maximum absolute atomic E-state index is 6.59. The van der Waals surface area contributed by atoms with Crippen LogP contribution in [-0.2, 0) is 21.2 Å². The van der Waals surface area contributed by atoms with E-state index in [-0.39, 0.29) is 0 Å². The average Bonchev–Trinajstić information content (AvgIpc) is 2.26. The Morgan fingerprint density at radius 3 is 1.42 bits per heavy atom. The predicted molar refractivity (Wildman–Crippen MR) is 124 cm³/mol. The molecule has 0 radical (unpaired) electrons. The summed E-state index contributed by atoms with van der Waals surface area (Å²) in [5, 5.41) is 0.